The predicted octanol–water partition coefficient (Wildman–Crippen LogP) is 1.75. The van der Waals surface area contributed by atoms with Gasteiger partial charge in [-0.05, 0) is 19.3 Å². The van der Waals surface area contributed by atoms with Crippen LogP contribution in [0.15, 0.2) is 0 Å². The highest BCUT2D eigenvalue weighted by Crippen LogP contribution is 2.12. The standard InChI is InChI=1S/C10H19NO3/c1-2-3-6-9(12)11-14-10-7-4-5-8-13-10/h10H,2-8H2,1H3,(H,11,12). The first kappa shape index (κ1) is 11.5. The van der Waals surface area contributed by atoms with Gasteiger partial charge in [0.05, 0.1) is 0 Å². The molecule has 1 saturated heterocycles. The van der Waals surface area contributed by atoms with Crippen molar-refractivity contribution < 1.29 is 14.4 Å². The fraction of sp³-hybridized carbons (Fsp3) is 0.900. The van der Waals surface area contributed by atoms with Gasteiger partial charge in [0.25, 0.3) is 0 Å². The van der Waals surface area contributed by atoms with Gasteiger partial charge in [-0.25, -0.2) is 10.3 Å². The molecule has 14 heavy (non-hydrogen) atoms. The van der Waals surface area contributed by atoms with Crippen LogP contribution in [0.1, 0.15) is 45.4 Å². The number of ether oxygens (including phenoxy) is 1. The second-order valence-corrected chi connectivity index (χ2v) is 3.54. The Morgan fingerprint density at radius 1 is 1.57 bits per heavy atom. The van der Waals surface area contributed by atoms with Crippen LogP contribution >= 0.6 is 0 Å². The Morgan fingerprint density at radius 3 is 3.07 bits per heavy atom. The molecule has 0 spiro atoms. The van der Waals surface area contributed by atoms with Crippen LogP contribution in [0.4, 0.5) is 0 Å². The van der Waals surface area contributed by atoms with Gasteiger partial charge in [0.2, 0.25) is 5.91 Å². The van der Waals surface area contributed by atoms with Crippen molar-refractivity contribution in [2.45, 2.75) is 51.7 Å². The smallest absolute Gasteiger partial charge is 0.243 e. The normalized spacial score (nSPS) is 21.9. The summed E-state index contributed by atoms with van der Waals surface area (Å²) in [4.78, 5) is 16.3. The van der Waals surface area contributed by atoms with Crippen molar-refractivity contribution in [2.75, 3.05) is 6.61 Å². The van der Waals surface area contributed by atoms with Gasteiger partial charge in [0.1, 0.15) is 0 Å². The van der Waals surface area contributed by atoms with Crippen molar-refractivity contribution in [1.82, 2.24) is 5.48 Å². The summed E-state index contributed by atoms with van der Waals surface area (Å²) in [5, 5.41) is 0. The van der Waals surface area contributed by atoms with Gasteiger partial charge in [-0.2, -0.15) is 0 Å². The third-order valence-electron chi connectivity index (χ3n) is 2.20. The van der Waals surface area contributed by atoms with Gasteiger partial charge in [0.15, 0.2) is 6.29 Å². The van der Waals surface area contributed by atoms with E-state index in [2.05, 4.69) is 12.4 Å². The van der Waals surface area contributed by atoms with Gasteiger partial charge in [-0.1, -0.05) is 13.3 Å². The number of hydroxylamine groups is 1. The number of hydrogen-bond donors (Lipinski definition) is 1. The topological polar surface area (TPSA) is 47.6 Å². The number of carbonyl (C=O) groups excluding carboxylic acids is 1. The molecule has 0 aliphatic carbocycles. The molecule has 1 amide bonds. The van der Waals surface area contributed by atoms with Crippen molar-refractivity contribution >= 4 is 5.91 Å². The van der Waals surface area contributed by atoms with E-state index in [-0.39, 0.29) is 12.2 Å². The van der Waals surface area contributed by atoms with Gasteiger partial charge in [0, 0.05) is 19.4 Å². The summed E-state index contributed by atoms with van der Waals surface area (Å²) < 4.78 is 5.30. The van der Waals surface area contributed by atoms with Crippen molar-refractivity contribution in [2.24, 2.45) is 0 Å². The van der Waals surface area contributed by atoms with Gasteiger partial charge >= 0.3 is 0 Å². The largest absolute Gasteiger partial charge is 0.350 e. The van der Waals surface area contributed by atoms with E-state index in [4.69, 9.17) is 9.57 Å². The van der Waals surface area contributed by atoms with Crippen LogP contribution in [-0.2, 0) is 14.4 Å². The highest BCUT2D eigenvalue weighted by atomic mass is 16.8. The zero-order chi connectivity index (χ0) is 10.2. The number of rotatable bonds is 5. The molecular weight excluding hydrogens is 182 g/mol. The predicted molar refractivity (Wildman–Crippen MR) is 52.3 cm³/mol. The molecule has 1 aliphatic heterocycles. The maximum absolute atomic E-state index is 11.2. The van der Waals surface area contributed by atoms with Gasteiger partial charge in [-0.15, -0.1) is 0 Å². The van der Waals surface area contributed by atoms with E-state index in [1.165, 1.54) is 0 Å². The fourth-order valence-corrected chi connectivity index (χ4v) is 1.32. The van der Waals surface area contributed by atoms with E-state index < -0.39 is 0 Å². The van der Waals surface area contributed by atoms with E-state index >= 15 is 0 Å². The molecule has 1 N–H and O–H groups in total. The summed E-state index contributed by atoms with van der Waals surface area (Å²) in [6, 6.07) is 0. The maximum Gasteiger partial charge on any atom is 0.243 e. The van der Waals surface area contributed by atoms with Crippen LogP contribution in [-0.4, -0.2) is 18.8 Å². The number of unbranched alkanes of at least 4 members (excludes halogenated alkanes) is 1. The lowest BCUT2D eigenvalue weighted by Gasteiger charge is -2.22. The molecule has 1 heterocycles. The van der Waals surface area contributed by atoms with Crippen LogP contribution in [0.5, 0.6) is 0 Å². The quantitative estimate of drug-likeness (QED) is 0.689. The second kappa shape index (κ2) is 6.79. The molecule has 0 aromatic carbocycles. The molecule has 0 bridgehead atoms. The van der Waals surface area contributed by atoms with Crippen molar-refractivity contribution in [3.63, 3.8) is 0 Å². The first-order valence-electron chi connectivity index (χ1n) is 5.39. The summed E-state index contributed by atoms with van der Waals surface area (Å²) in [5.74, 6) is -0.0546. The van der Waals surface area contributed by atoms with Crippen LogP contribution in [0, 0.1) is 0 Å². The molecule has 1 atom stereocenters. The summed E-state index contributed by atoms with van der Waals surface area (Å²) in [6.07, 6.45) is 5.28. The Bertz CT molecular complexity index is 167. The van der Waals surface area contributed by atoms with E-state index in [1.807, 2.05) is 0 Å². The lowest BCUT2D eigenvalue weighted by Crippen LogP contribution is -2.32. The molecule has 0 radical (unpaired) electrons. The molecule has 1 fully saturated rings. The Morgan fingerprint density at radius 2 is 2.43 bits per heavy atom. The fourth-order valence-electron chi connectivity index (χ4n) is 1.32. The highest BCUT2D eigenvalue weighted by Gasteiger charge is 2.15. The Labute approximate surface area is 84.9 Å². The minimum Gasteiger partial charge on any atom is -0.350 e. The van der Waals surface area contributed by atoms with Gasteiger partial charge in [-0.3, -0.25) is 4.79 Å². The molecule has 1 aliphatic rings. The third kappa shape index (κ3) is 4.58. The molecule has 0 aromatic heterocycles. The Balaban J connectivity index is 2.03. The molecule has 4 heteroatoms. The third-order valence-corrected chi connectivity index (χ3v) is 2.20. The zero-order valence-corrected chi connectivity index (χ0v) is 8.75. The zero-order valence-electron chi connectivity index (χ0n) is 8.75. The van der Waals surface area contributed by atoms with Crippen LogP contribution in [0.25, 0.3) is 0 Å². The second-order valence-electron chi connectivity index (χ2n) is 3.54. The number of hydrogen-bond acceptors (Lipinski definition) is 3. The molecule has 4 nitrogen and oxygen atoms in total. The van der Waals surface area contributed by atoms with Crippen LogP contribution in [0.2, 0.25) is 0 Å². The number of amides is 1. The van der Waals surface area contributed by atoms with Crippen molar-refractivity contribution in [1.29, 1.82) is 0 Å². The van der Waals surface area contributed by atoms with Crippen molar-refractivity contribution in [3.8, 4) is 0 Å². The molecule has 82 valence electrons. The molecule has 1 rings (SSSR count). The lowest BCUT2D eigenvalue weighted by atomic mass is 10.2. The first-order valence-corrected chi connectivity index (χ1v) is 5.39. The number of nitrogens with one attached hydrogen (secondary N) is 1. The van der Waals surface area contributed by atoms with Crippen LogP contribution < -0.4 is 5.48 Å². The SMILES string of the molecule is CCCCC(=O)NOC1CCCCO1. The molecular formula is C10H19NO3. The highest BCUT2D eigenvalue weighted by molar-refractivity contribution is 5.74. The van der Waals surface area contributed by atoms with E-state index in [0.29, 0.717) is 6.42 Å². The van der Waals surface area contributed by atoms with E-state index in [1.54, 1.807) is 0 Å². The molecule has 0 aromatic rings. The lowest BCUT2D eigenvalue weighted by molar-refractivity contribution is -0.200. The molecule has 1 unspecified atom stereocenters. The summed E-state index contributed by atoms with van der Waals surface area (Å²) >= 11 is 0. The van der Waals surface area contributed by atoms with E-state index in [0.717, 1.165) is 38.7 Å². The monoisotopic (exact) mass is 201 g/mol. The van der Waals surface area contributed by atoms with Crippen molar-refractivity contribution in [3.05, 3.63) is 0 Å². The van der Waals surface area contributed by atoms with Crippen LogP contribution in [0.3, 0.4) is 0 Å². The average molecular weight is 201 g/mol. The average Bonchev–Trinajstić information content (AvgIpc) is 2.25. The minimum absolute atomic E-state index is 0.0546. The minimum atomic E-state index is -0.241. The summed E-state index contributed by atoms with van der Waals surface area (Å²) in [6.45, 7) is 2.79. The Hall–Kier alpha value is -0.610. The van der Waals surface area contributed by atoms with Gasteiger partial charge < -0.3 is 4.74 Å². The van der Waals surface area contributed by atoms with E-state index in [9.17, 15) is 4.79 Å². The Kier molecular flexibility index (Phi) is 5.56. The summed E-state index contributed by atoms with van der Waals surface area (Å²) in [7, 11) is 0. The first-order chi connectivity index (χ1) is 6.83. The molecule has 0 saturated carbocycles. The number of carbonyl (C=O) groups is 1. The summed E-state index contributed by atoms with van der Waals surface area (Å²) in [5.41, 5.74) is 2.42. The maximum atomic E-state index is 11.2.